The SMILES string of the molecule is CCCc1ccccc1NC(=O)c1ccc(C(N)=S)cn1. The Kier molecular flexibility index (Phi) is 5.00. The molecule has 0 fully saturated rings. The van der Waals surface area contributed by atoms with E-state index in [-0.39, 0.29) is 10.9 Å². The molecule has 0 bridgehead atoms. The molecule has 0 saturated carbocycles. The second-order valence-electron chi connectivity index (χ2n) is 4.66. The van der Waals surface area contributed by atoms with Gasteiger partial charge in [0.15, 0.2) is 0 Å². The lowest BCUT2D eigenvalue weighted by atomic mass is 10.1. The smallest absolute Gasteiger partial charge is 0.274 e. The van der Waals surface area contributed by atoms with Crippen LogP contribution in [0.3, 0.4) is 0 Å². The molecule has 5 heteroatoms. The Bertz CT molecular complexity index is 653. The number of aromatic nitrogens is 1. The topological polar surface area (TPSA) is 68.0 Å². The van der Waals surface area contributed by atoms with Crippen LogP contribution in [0.4, 0.5) is 5.69 Å². The molecule has 1 aromatic carbocycles. The predicted octanol–water partition coefficient (Wildman–Crippen LogP) is 2.92. The van der Waals surface area contributed by atoms with Gasteiger partial charge < -0.3 is 11.1 Å². The minimum Gasteiger partial charge on any atom is -0.389 e. The van der Waals surface area contributed by atoms with Crippen molar-refractivity contribution in [3.8, 4) is 0 Å². The molecule has 0 atom stereocenters. The van der Waals surface area contributed by atoms with Crippen molar-refractivity contribution < 1.29 is 4.79 Å². The highest BCUT2D eigenvalue weighted by Gasteiger charge is 2.10. The van der Waals surface area contributed by atoms with Gasteiger partial charge in [-0.05, 0) is 30.2 Å². The quantitative estimate of drug-likeness (QED) is 0.833. The van der Waals surface area contributed by atoms with Gasteiger partial charge in [-0.15, -0.1) is 0 Å². The maximum absolute atomic E-state index is 12.2. The summed E-state index contributed by atoms with van der Waals surface area (Å²) in [5, 5.41) is 2.89. The number of hydrogen-bond donors (Lipinski definition) is 2. The molecule has 0 saturated heterocycles. The lowest BCUT2D eigenvalue weighted by Gasteiger charge is -2.10. The van der Waals surface area contributed by atoms with Crippen molar-refractivity contribution in [2.75, 3.05) is 5.32 Å². The Morgan fingerprint density at radius 1 is 1.29 bits per heavy atom. The number of nitrogens with one attached hydrogen (secondary N) is 1. The van der Waals surface area contributed by atoms with Gasteiger partial charge in [0.1, 0.15) is 10.7 Å². The molecule has 1 aromatic heterocycles. The monoisotopic (exact) mass is 299 g/mol. The summed E-state index contributed by atoms with van der Waals surface area (Å²) in [5.74, 6) is -0.243. The summed E-state index contributed by atoms with van der Waals surface area (Å²) < 4.78 is 0. The van der Waals surface area contributed by atoms with Gasteiger partial charge in [-0.3, -0.25) is 9.78 Å². The highest BCUT2D eigenvalue weighted by Crippen LogP contribution is 2.17. The number of carbonyl (C=O) groups is 1. The van der Waals surface area contributed by atoms with E-state index in [0.29, 0.717) is 11.3 Å². The fourth-order valence-corrected chi connectivity index (χ4v) is 2.11. The summed E-state index contributed by atoms with van der Waals surface area (Å²) in [4.78, 5) is 16.6. The molecule has 4 nitrogen and oxygen atoms in total. The van der Waals surface area contributed by atoms with Crippen LogP contribution in [0.15, 0.2) is 42.6 Å². The fraction of sp³-hybridized carbons (Fsp3) is 0.188. The van der Waals surface area contributed by atoms with Crippen molar-refractivity contribution in [3.63, 3.8) is 0 Å². The molecule has 0 aliphatic rings. The van der Waals surface area contributed by atoms with E-state index in [2.05, 4.69) is 17.2 Å². The molecule has 21 heavy (non-hydrogen) atoms. The van der Waals surface area contributed by atoms with E-state index in [9.17, 15) is 4.79 Å². The highest BCUT2D eigenvalue weighted by molar-refractivity contribution is 7.80. The number of pyridine rings is 1. The summed E-state index contributed by atoms with van der Waals surface area (Å²) in [6, 6.07) is 11.1. The van der Waals surface area contributed by atoms with Crippen molar-refractivity contribution >= 4 is 28.8 Å². The first-order valence-corrected chi connectivity index (χ1v) is 7.17. The van der Waals surface area contributed by atoms with Crippen molar-refractivity contribution in [2.24, 2.45) is 5.73 Å². The van der Waals surface area contributed by atoms with E-state index in [4.69, 9.17) is 18.0 Å². The van der Waals surface area contributed by atoms with Gasteiger partial charge in [0, 0.05) is 17.4 Å². The number of nitrogens with two attached hydrogens (primary N) is 1. The largest absolute Gasteiger partial charge is 0.389 e. The number of carbonyl (C=O) groups excluding carboxylic acids is 1. The number of amides is 1. The van der Waals surface area contributed by atoms with E-state index in [0.717, 1.165) is 24.1 Å². The number of aryl methyl sites for hydroxylation is 1. The molecule has 0 aliphatic heterocycles. The number of para-hydroxylation sites is 1. The van der Waals surface area contributed by atoms with Crippen LogP contribution < -0.4 is 11.1 Å². The Hall–Kier alpha value is -2.27. The molecule has 2 rings (SSSR count). The lowest BCUT2D eigenvalue weighted by Crippen LogP contribution is -2.16. The predicted molar refractivity (Wildman–Crippen MR) is 88.5 cm³/mol. The number of thiocarbonyl (C=S) groups is 1. The molecular weight excluding hydrogens is 282 g/mol. The molecule has 0 unspecified atom stereocenters. The Morgan fingerprint density at radius 3 is 2.67 bits per heavy atom. The summed E-state index contributed by atoms with van der Waals surface area (Å²) in [5.41, 5.74) is 8.43. The van der Waals surface area contributed by atoms with Gasteiger partial charge in [0.25, 0.3) is 5.91 Å². The van der Waals surface area contributed by atoms with Gasteiger partial charge in [0.05, 0.1) is 0 Å². The molecule has 2 aromatic rings. The minimum atomic E-state index is -0.243. The third-order valence-electron chi connectivity index (χ3n) is 3.07. The van der Waals surface area contributed by atoms with Crippen LogP contribution in [0.25, 0.3) is 0 Å². The van der Waals surface area contributed by atoms with Crippen molar-refractivity contribution in [1.82, 2.24) is 4.98 Å². The molecule has 0 aliphatic carbocycles. The van der Waals surface area contributed by atoms with Crippen molar-refractivity contribution in [2.45, 2.75) is 19.8 Å². The standard InChI is InChI=1S/C16H17N3OS/c1-2-5-11-6-3-4-7-13(11)19-16(20)14-9-8-12(10-18-14)15(17)21/h3-4,6-10H,2,5H2,1H3,(H2,17,21)(H,19,20). The van der Waals surface area contributed by atoms with Crippen molar-refractivity contribution in [3.05, 3.63) is 59.4 Å². The zero-order valence-corrected chi connectivity index (χ0v) is 12.6. The first-order chi connectivity index (χ1) is 10.1. The average molecular weight is 299 g/mol. The number of anilines is 1. The van der Waals surface area contributed by atoms with E-state index in [1.807, 2.05) is 24.3 Å². The molecule has 108 valence electrons. The number of hydrogen-bond acceptors (Lipinski definition) is 3. The number of benzene rings is 1. The molecule has 1 amide bonds. The number of nitrogens with zero attached hydrogens (tertiary/aromatic N) is 1. The van der Waals surface area contributed by atoms with E-state index in [1.54, 1.807) is 12.1 Å². The van der Waals surface area contributed by atoms with Gasteiger partial charge in [0.2, 0.25) is 0 Å². The summed E-state index contributed by atoms with van der Waals surface area (Å²) in [6.07, 6.45) is 3.45. The van der Waals surface area contributed by atoms with E-state index >= 15 is 0 Å². The molecule has 0 radical (unpaired) electrons. The normalized spacial score (nSPS) is 10.1. The van der Waals surface area contributed by atoms with E-state index in [1.165, 1.54) is 6.20 Å². The van der Waals surface area contributed by atoms with Gasteiger partial charge in [-0.1, -0.05) is 43.8 Å². The molecule has 0 spiro atoms. The van der Waals surface area contributed by atoms with E-state index < -0.39 is 0 Å². The molecule has 1 heterocycles. The maximum atomic E-state index is 12.2. The second-order valence-corrected chi connectivity index (χ2v) is 5.10. The van der Waals surface area contributed by atoms with Gasteiger partial charge in [-0.2, -0.15) is 0 Å². The molecule has 3 N–H and O–H groups in total. The first kappa shape index (κ1) is 15.1. The summed E-state index contributed by atoms with van der Waals surface area (Å²) in [7, 11) is 0. The third kappa shape index (κ3) is 3.86. The summed E-state index contributed by atoms with van der Waals surface area (Å²) >= 11 is 4.86. The molecular formula is C16H17N3OS. The van der Waals surface area contributed by atoms with Crippen LogP contribution in [-0.2, 0) is 6.42 Å². The van der Waals surface area contributed by atoms with Crippen molar-refractivity contribution in [1.29, 1.82) is 0 Å². The lowest BCUT2D eigenvalue weighted by molar-refractivity contribution is 0.102. The Balaban J connectivity index is 2.16. The minimum absolute atomic E-state index is 0.243. The maximum Gasteiger partial charge on any atom is 0.274 e. The second kappa shape index (κ2) is 6.95. The third-order valence-corrected chi connectivity index (χ3v) is 3.30. The van der Waals surface area contributed by atoms with Gasteiger partial charge >= 0.3 is 0 Å². The Labute approximate surface area is 129 Å². The average Bonchev–Trinajstić information content (AvgIpc) is 2.49. The highest BCUT2D eigenvalue weighted by atomic mass is 32.1. The number of rotatable bonds is 5. The van der Waals surface area contributed by atoms with Crippen LogP contribution >= 0.6 is 12.2 Å². The van der Waals surface area contributed by atoms with Crippen LogP contribution in [0, 0.1) is 0 Å². The summed E-state index contributed by atoms with van der Waals surface area (Å²) in [6.45, 7) is 2.11. The van der Waals surface area contributed by atoms with Crippen LogP contribution in [0.2, 0.25) is 0 Å². The first-order valence-electron chi connectivity index (χ1n) is 6.77. The van der Waals surface area contributed by atoms with Crippen LogP contribution in [-0.4, -0.2) is 15.9 Å². The zero-order chi connectivity index (χ0) is 15.2. The van der Waals surface area contributed by atoms with Crippen LogP contribution in [0.1, 0.15) is 35.0 Å². The zero-order valence-electron chi connectivity index (χ0n) is 11.8. The fourth-order valence-electron chi connectivity index (χ4n) is 1.99. The van der Waals surface area contributed by atoms with Crippen LogP contribution in [0.5, 0.6) is 0 Å². The Morgan fingerprint density at radius 2 is 2.05 bits per heavy atom. The van der Waals surface area contributed by atoms with Gasteiger partial charge in [-0.25, -0.2) is 0 Å².